The maximum absolute atomic E-state index is 12.9. The fraction of sp³-hybridized carbons (Fsp3) is 0.190. The van der Waals surface area contributed by atoms with Crippen molar-refractivity contribution in [2.75, 3.05) is 6.54 Å². The number of rotatable bonds is 4. The molecule has 0 amide bonds. The van der Waals surface area contributed by atoms with E-state index in [-0.39, 0.29) is 11.8 Å². The summed E-state index contributed by atoms with van der Waals surface area (Å²) >= 11 is 3.12. The van der Waals surface area contributed by atoms with Crippen molar-refractivity contribution in [1.82, 2.24) is 4.90 Å². The number of benzene rings is 1. The van der Waals surface area contributed by atoms with Crippen LogP contribution in [-0.2, 0) is 12.6 Å². The molecule has 3 heterocycles. The number of hydrogen-bond acceptors (Lipinski definition) is 4. The average Bonchev–Trinajstić information content (AvgIpc) is 3.36. The Labute approximate surface area is 168 Å². The number of carbonyl (C=O) groups excluding carboxylic acids is 1. The highest BCUT2D eigenvalue weighted by molar-refractivity contribution is 7.10. The molecule has 28 heavy (non-hydrogen) atoms. The largest absolute Gasteiger partial charge is 0.416 e. The summed E-state index contributed by atoms with van der Waals surface area (Å²) in [6.07, 6.45) is -0.203. The number of thiophene rings is 2. The number of halogens is 3. The molecule has 4 rings (SSSR count). The van der Waals surface area contributed by atoms with Crippen molar-refractivity contribution in [1.29, 1.82) is 0 Å². The second kappa shape index (κ2) is 7.56. The van der Waals surface area contributed by atoms with Crippen molar-refractivity contribution < 1.29 is 18.0 Å². The Balaban J connectivity index is 1.65. The molecule has 0 saturated heterocycles. The van der Waals surface area contributed by atoms with E-state index in [1.54, 1.807) is 29.0 Å². The SMILES string of the molecule is O=C(C=CN1CCc2sccc2C1c1ccc(C(F)(F)F)cc1)c1ccsc1. The van der Waals surface area contributed by atoms with E-state index < -0.39 is 11.7 Å². The number of carbonyl (C=O) groups is 1. The van der Waals surface area contributed by atoms with Crippen LogP contribution in [0.3, 0.4) is 0 Å². The summed E-state index contributed by atoms with van der Waals surface area (Å²) in [4.78, 5) is 15.6. The molecule has 0 aliphatic carbocycles. The minimum Gasteiger partial charge on any atom is -0.366 e. The summed E-state index contributed by atoms with van der Waals surface area (Å²) in [5.41, 5.74) is 1.84. The minimum absolute atomic E-state index is 0.0801. The van der Waals surface area contributed by atoms with Crippen LogP contribution in [0.25, 0.3) is 0 Å². The number of ketones is 1. The van der Waals surface area contributed by atoms with Crippen molar-refractivity contribution in [2.45, 2.75) is 18.6 Å². The van der Waals surface area contributed by atoms with Gasteiger partial charge >= 0.3 is 6.18 Å². The molecule has 1 aliphatic heterocycles. The van der Waals surface area contributed by atoms with Crippen molar-refractivity contribution >= 4 is 28.5 Å². The van der Waals surface area contributed by atoms with Crippen molar-refractivity contribution in [2.24, 2.45) is 0 Å². The predicted octanol–water partition coefficient (Wildman–Crippen LogP) is 6.17. The van der Waals surface area contributed by atoms with Gasteiger partial charge in [0, 0.05) is 34.6 Å². The van der Waals surface area contributed by atoms with Crippen LogP contribution in [0, 0.1) is 0 Å². The first kappa shape index (κ1) is 19.0. The molecule has 2 nitrogen and oxygen atoms in total. The molecule has 0 spiro atoms. The highest BCUT2D eigenvalue weighted by Gasteiger charge is 2.32. The van der Waals surface area contributed by atoms with Crippen molar-refractivity contribution in [3.05, 3.63) is 91.9 Å². The number of nitrogens with zero attached hydrogens (tertiary/aromatic N) is 1. The Morgan fingerprint density at radius 1 is 1.11 bits per heavy atom. The van der Waals surface area contributed by atoms with E-state index in [1.807, 2.05) is 21.7 Å². The Morgan fingerprint density at radius 3 is 2.57 bits per heavy atom. The zero-order valence-corrected chi connectivity index (χ0v) is 16.3. The highest BCUT2D eigenvalue weighted by Crippen LogP contribution is 2.39. The van der Waals surface area contributed by atoms with Gasteiger partial charge in [-0.1, -0.05) is 12.1 Å². The predicted molar refractivity (Wildman–Crippen MR) is 106 cm³/mol. The first-order chi connectivity index (χ1) is 13.4. The van der Waals surface area contributed by atoms with Gasteiger partial charge in [0.15, 0.2) is 5.78 Å². The maximum atomic E-state index is 12.9. The molecular weight excluding hydrogens is 403 g/mol. The van der Waals surface area contributed by atoms with Crippen LogP contribution in [0.2, 0.25) is 0 Å². The lowest BCUT2D eigenvalue weighted by atomic mass is 9.93. The number of fused-ring (bicyclic) bond motifs is 1. The van der Waals surface area contributed by atoms with E-state index >= 15 is 0 Å². The van der Waals surface area contributed by atoms with Crippen LogP contribution >= 0.6 is 22.7 Å². The molecule has 1 unspecified atom stereocenters. The van der Waals surface area contributed by atoms with Crippen LogP contribution in [0.5, 0.6) is 0 Å². The fourth-order valence-electron chi connectivity index (χ4n) is 3.39. The number of alkyl halides is 3. The van der Waals surface area contributed by atoms with E-state index in [0.717, 1.165) is 29.7 Å². The highest BCUT2D eigenvalue weighted by atomic mass is 32.1. The second-order valence-corrected chi connectivity index (χ2v) is 8.28. The zero-order valence-electron chi connectivity index (χ0n) is 14.6. The molecule has 0 fully saturated rings. The summed E-state index contributed by atoms with van der Waals surface area (Å²) in [5, 5.41) is 5.66. The molecule has 3 aromatic rings. The third-order valence-corrected chi connectivity index (χ3v) is 6.46. The summed E-state index contributed by atoms with van der Waals surface area (Å²) in [6.45, 7) is 0.701. The lowest BCUT2D eigenvalue weighted by Crippen LogP contribution is -2.31. The molecule has 1 aromatic carbocycles. The van der Waals surface area contributed by atoms with Gasteiger partial charge in [-0.05, 0) is 52.6 Å². The molecule has 1 aliphatic rings. The zero-order chi connectivity index (χ0) is 19.7. The molecule has 0 bridgehead atoms. The first-order valence-electron chi connectivity index (χ1n) is 8.67. The molecule has 0 radical (unpaired) electrons. The van der Waals surface area contributed by atoms with Gasteiger partial charge in [0.25, 0.3) is 0 Å². The molecule has 7 heteroatoms. The van der Waals surface area contributed by atoms with Gasteiger partial charge in [0.2, 0.25) is 0 Å². The van der Waals surface area contributed by atoms with Gasteiger partial charge in [-0.15, -0.1) is 11.3 Å². The lowest BCUT2D eigenvalue weighted by Gasteiger charge is -2.35. The van der Waals surface area contributed by atoms with Crippen molar-refractivity contribution in [3.8, 4) is 0 Å². The maximum Gasteiger partial charge on any atom is 0.416 e. The quantitative estimate of drug-likeness (QED) is 0.372. The Kier molecular flexibility index (Phi) is 5.12. The number of hydrogen-bond donors (Lipinski definition) is 0. The minimum atomic E-state index is -4.36. The van der Waals surface area contributed by atoms with E-state index in [9.17, 15) is 18.0 Å². The van der Waals surface area contributed by atoms with Crippen LogP contribution in [-0.4, -0.2) is 17.2 Å². The van der Waals surface area contributed by atoms with Gasteiger partial charge < -0.3 is 4.90 Å². The van der Waals surface area contributed by atoms with Gasteiger partial charge in [0.1, 0.15) is 0 Å². The monoisotopic (exact) mass is 419 g/mol. The average molecular weight is 419 g/mol. The summed E-state index contributed by atoms with van der Waals surface area (Å²) in [7, 11) is 0. The normalized spacial score (nSPS) is 17.1. The van der Waals surface area contributed by atoms with Crippen molar-refractivity contribution in [3.63, 3.8) is 0 Å². The molecular formula is C21H16F3NOS2. The van der Waals surface area contributed by atoms with Gasteiger partial charge in [-0.25, -0.2) is 0 Å². The van der Waals surface area contributed by atoms with E-state index in [1.165, 1.54) is 34.4 Å². The third-order valence-electron chi connectivity index (χ3n) is 4.78. The smallest absolute Gasteiger partial charge is 0.366 e. The van der Waals surface area contributed by atoms with Gasteiger partial charge in [-0.2, -0.15) is 24.5 Å². The summed E-state index contributed by atoms with van der Waals surface area (Å²) in [5.74, 6) is -0.0801. The van der Waals surface area contributed by atoms with Gasteiger partial charge in [0.05, 0.1) is 11.6 Å². The van der Waals surface area contributed by atoms with Gasteiger partial charge in [-0.3, -0.25) is 4.79 Å². The van der Waals surface area contributed by atoms with E-state index in [4.69, 9.17) is 0 Å². The lowest BCUT2D eigenvalue weighted by molar-refractivity contribution is -0.137. The molecule has 144 valence electrons. The third kappa shape index (κ3) is 3.77. The van der Waals surface area contributed by atoms with E-state index in [2.05, 4.69) is 0 Å². The van der Waals surface area contributed by atoms with Crippen LogP contribution < -0.4 is 0 Å². The Bertz CT molecular complexity index is 988. The molecule has 2 aromatic heterocycles. The summed E-state index contributed by atoms with van der Waals surface area (Å²) < 4.78 is 38.7. The number of allylic oxidation sites excluding steroid dienone is 1. The van der Waals surface area contributed by atoms with Crippen LogP contribution in [0.4, 0.5) is 13.2 Å². The fourth-order valence-corrected chi connectivity index (χ4v) is 4.93. The molecule has 0 N–H and O–H groups in total. The standard InChI is InChI=1S/C21H16F3NOS2/c22-21(23,24)16-3-1-14(2-4-16)20-17-8-12-28-19(17)6-10-25(20)9-5-18(26)15-7-11-27-13-15/h1-5,7-9,11-13,20H,6,10H2. The van der Waals surface area contributed by atoms with Crippen LogP contribution in [0.15, 0.2) is 64.8 Å². The second-order valence-electron chi connectivity index (χ2n) is 6.50. The Hall–Kier alpha value is -2.38. The first-order valence-corrected chi connectivity index (χ1v) is 10.5. The topological polar surface area (TPSA) is 20.3 Å². The molecule has 0 saturated carbocycles. The van der Waals surface area contributed by atoms with E-state index in [0.29, 0.717) is 12.1 Å². The molecule has 1 atom stereocenters. The van der Waals surface area contributed by atoms with Crippen LogP contribution in [0.1, 0.15) is 38.0 Å². The summed E-state index contributed by atoms with van der Waals surface area (Å²) in [6, 6.07) is 8.89. The Morgan fingerprint density at radius 2 is 1.89 bits per heavy atom.